The highest BCUT2D eigenvalue weighted by molar-refractivity contribution is 5.35. The van der Waals surface area contributed by atoms with Crippen molar-refractivity contribution in [3.05, 3.63) is 71.6 Å². The summed E-state index contributed by atoms with van der Waals surface area (Å²) in [5.74, 6) is 0.561. The van der Waals surface area contributed by atoms with Crippen LogP contribution in [0.1, 0.15) is 24.0 Å². The lowest BCUT2D eigenvalue weighted by Crippen LogP contribution is -2.43. The van der Waals surface area contributed by atoms with E-state index >= 15 is 0 Å². The van der Waals surface area contributed by atoms with Crippen molar-refractivity contribution in [2.45, 2.75) is 31.6 Å². The summed E-state index contributed by atoms with van der Waals surface area (Å²) in [7, 11) is 1.91. The SMILES string of the molecule is C=C/C(C#N)=C\C=C(/N)N(C)C1CCN(Cc2cccc(C(F)(F)F)c2)CC1. The second kappa shape index (κ2) is 9.47. The fraction of sp³-hybridized carbons (Fsp3) is 0.381. The molecule has 0 radical (unpaired) electrons. The van der Waals surface area contributed by atoms with Gasteiger partial charge in [0.1, 0.15) is 0 Å². The number of rotatable bonds is 6. The fourth-order valence-electron chi connectivity index (χ4n) is 3.22. The van der Waals surface area contributed by atoms with Gasteiger partial charge in [-0.05, 0) is 36.6 Å². The molecule has 4 nitrogen and oxygen atoms in total. The first kappa shape index (κ1) is 21.6. The molecular weight excluding hydrogens is 365 g/mol. The molecule has 150 valence electrons. The molecule has 2 rings (SSSR count). The Morgan fingerprint density at radius 1 is 1.36 bits per heavy atom. The predicted octanol–water partition coefficient (Wildman–Crippen LogP) is 4.04. The molecule has 0 bridgehead atoms. The number of alkyl halides is 3. The third kappa shape index (κ3) is 5.89. The smallest absolute Gasteiger partial charge is 0.385 e. The summed E-state index contributed by atoms with van der Waals surface area (Å²) < 4.78 is 38.6. The van der Waals surface area contributed by atoms with Gasteiger partial charge in [0.05, 0.1) is 23.0 Å². The minimum atomic E-state index is -4.32. The Hall–Kier alpha value is -2.72. The number of benzene rings is 1. The van der Waals surface area contributed by atoms with E-state index in [0.29, 0.717) is 23.5 Å². The molecule has 1 fully saturated rings. The third-order valence-electron chi connectivity index (χ3n) is 4.96. The molecule has 28 heavy (non-hydrogen) atoms. The molecule has 0 atom stereocenters. The summed E-state index contributed by atoms with van der Waals surface area (Å²) >= 11 is 0. The summed E-state index contributed by atoms with van der Waals surface area (Å²) in [5, 5.41) is 8.90. The summed E-state index contributed by atoms with van der Waals surface area (Å²) in [5.41, 5.74) is 6.59. The standard InChI is InChI=1S/C21H25F3N4/c1-3-16(14-25)7-8-20(26)27(2)19-9-11-28(12-10-19)15-17-5-4-6-18(13-17)21(22,23)24/h3-8,13,19H,1,9-12,15,26H2,2H3/b16-7+,20-8+. The fourth-order valence-corrected chi connectivity index (χ4v) is 3.22. The van der Waals surface area contributed by atoms with Crippen LogP contribution in [0, 0.1) is 11.3 Å². The zero-order valence-electron chi connectivity index (χ0n) is 15.9. The van der Waals surface area contributed by atoms with Crippen LogP contribution >= 0.6 is 0 Å². The van der Waals surface area contributed by atoms with E-state index in [1.807, 2.05) is 18.0 Å². The van der Waals surface area contributed by atoms with E-state index in [2.05, 4.69) is 11.5 Å². The maximum atomic E-state index is 12.9. The number of halogens is 3. The summed E-state index contributed by atoms with van der Waals surface area (Å²) in [6.45, 7) is 5.63. The largest absolute Gasteiger partial charge is 0.416 e. The van der Waals surface area contributed by atoms with Crippen molar-refractivity contribution in [1.82, 2.24) is 9.80 Å². The van der Waals surface area contributed by atoms with Crippen LogP contribution < -0.4 is 5.73 Å². The zero-order chi connectivity index (χ0) is 20.7. The van der Waals surface area contributed by atoms with E-state index in [4.69, 9.17) is 11.0 Å². The Morgan fingerprint density at radius 3 is 2.61 bits per heavy atom. The molecule has 7 heteroatoms. The van der Waals surface area contributed by atoms with Gasteiger partial charge in [-0.3, -0.25) is 4.90 Å². The molecule has 1 saturated heterocycles. The Labute approximate surface area is 164 Å². The normalized spacial score (nSPS) is 17.2. The van der Waals surface area contributed by atoms with Gasteiger partial charge in [0.2, 0.25) is 0 Å². The van der Waals surface area contributed by atoms with E-state index in [0.717, 1.165) is 32.0 Å². The number of hydrogen-bond acceptors (Lipinski definition) is 4. The Morgan fingerprint density at radius 2 is 2.04 bits per heavy atom. The van der Waals surface area contributed by atoms with Crippen molar-refractivity contribution in [1.29, 1.82) is 5.26 Å². The lowest BCUT2D eigenvalue weighted by molar-refractivity contribution is -0.137. The topological polar surface area (TPSA) is 56.3 Å². The second-order valence-electron chi connectivity index (χ2n) is 6.85. The molecule has 0 aromatic heterocycles. The Kier molecular flexibility index (Phi) is 7.30. The van der Waals surface area contributed by atoms with Crippen molar-refractivity contribution in [2.75, 3.05) is 20.1 Å². The molecule has 1 aliphatic rings. The van der Waals surface area contributed by atoms with Gasteiger partial charge in [0.15, 0.2) is 0 Å². The van der Waals surface area contributed by atoms with Gasteiger partial charge >= 0.3 is 6.18 Å². The van der Waals surface area contributed by atoms with Crippen LogP contribution in [0.2, 0.25) is 0 Å². The zero-order valence-corrected chi connectivity index (χ0v) is 15.9. The lowest BCUT2D eigenvalue weighted by atomic mass is 10.0. The van der Waals surface area contributed by atoms with Crippen LogP contribution in [0.25, 0.3) is 0 Å². The Bertz CT molecular complexity index is 782. The van der Waals surface area contributed by atoms with Crippen LogP contribution in [0.15, 0.2) is 60.5 Å². The predicted molar refractivity (Wildman–Crippen MR) is 104 cm³/mol. The van der Waals surface area contributed by atoms with Gasteiger partial charge in [0.25, 0.3) is 0 Å². The highest BCUT2D eigenvalue weighted by Crippen LogP contribution is 2.30. The molecule has 1 aromatic carbocycles. The second-order valence-corrected chi connectivity index (χ2v) is 6.85. The average molecular weight is 390 g/mol. The van der Waals surface area contributed by atoms with Crippen molar-refractivity contribution in [2.24, 2.45) is 5.73 Å². The van der Waals surface area contributed by atoms with Gasteiger partial charge in [-0.1, -0.05) is 30.9 Å². The molecule has 2 N–H and O–H groups in total. The van der Waals surface area contributed by atoms with Crippen LogP contribution in [0.5, 0.6) is 0 Å². The first-order valence-corrected chi connectivity index (χ1v) is 9.06. The van der Waals surface area contributed by atoms with Crippen LogP contribution in [0.3, 0.4) is 0 Å². The quantitative estimate of drug-likeness (QED) is 0.588. The van der Waals surface area contributed by atoms with Gasteiger partial charge in [-0.25, -0.2) is 0 Å². The number of nitriles is 1. The molecule has 0 saturated carbocycles. The highest BCUT2D eigenvalue weighted by atomic mass is 19.4. The number of piperidine rings is 1. The minimum Gasteiger partial charge on any atom is -0.385 e. The van der Waals surface area contributed by atoms with Crippen molar-refractivity contribution in [3.8, 4) is 6.07 Å². The molecule has 0 aliphatic carbocycles. The van der Waals surface area contributed by atoms with E-state index in [-0.39, 0.29) is 6.04 Å². The van der Waals surface area contributed by atoms with Gasteiger partial charge in [-0.15, -0.1) is 0 Å². The molecule has 0 unspecified atom stereocenters. The van der Waals surface area contributed by atoms with Crippen molar-refractivity contribution < 1.29 is 13.2 Å². The summed E-state index contributed by atoms with van der Waals surface area (Å²) in [6.07, 6.45) is 2.19. The number of nitrogens with zero attached hydrogens (tertiary/aromatic N) is 3. The van der Waals surface area contributed by atoms with E-state index in [9.17, 15) is 13.2 Å². The number of likely N-dealkylation sites (tertiary alicyclic amines) is 1. The Balaban J connectivity index is 1.92. The van der Waals surface area contributed by atoms with Crippen LogP contribution in [0.4, 0.5) is 13.2 Å². The third-order valence-corrected chi connectivity index (χ3v) is 4.96. The van der Waals surface area contributed by atoms with E-state index in [1.54, 1.807) is 18.2 Å². The van der Waals surface area contributed by atoms with Crippen molar-refractivity contribution >= 4 is 0 Å². The van der Waals surface area contributed by atoms with Crippen LogP contribution in [-0.4, -0.2) is 36.0 Å². The van der Waals surface area contributed by atoms with E-state index < -0.39 is 11.7 Å². The maximum absolute atomic E-state index is 12.9. The molecule has 1 aromatic rings. The van der Waals surface area contributed by atoms with Crippen molar-refractivity contribution in [3.63, 3.8) is 0 Å². The minimum absolute atomic E-state index is 0.247. The monoisotopic (exact) mass is 390 g/mol. The van der Waals surface area contributed by atoms with E-state index in [1.165, 1.54) is 18.2 Å². The van der Waals surface area contributed by atoms with Gasteiger partial charge in [-0.2, -0.15) is 18.4 Å². The number of hydrogen-bond donors (Lipinski definition) is 1. The lowest BCUT2D eigenvalue weighted by Gasteiger charge is -2.37. The molecule has 1 aliphatic heterocycles. The number of nitrogens with two attached hydrogens (primary N) is 1. The molecule has 1 heterocycles. The number of allylic oxidation sites excluding steroid dienone is 4. The highest BCUT2D eigenvalue weighted by Gasteiger charge is 2.30. The molecule has 0 spiro atoms. The maximum Gasteiger partial charge on any atom is 0.416 e. The van der Waals surface area contributed by atoms with Crippen LogP contribution in [-0.2, 0) is 12.7 Å². The van der Waals surface area contributed by atoms with Gasteiger partial charge in [0, 0.05) is 32.7 Å². The average Bonchev–Trinajstić information content (AvgIpc) is 2.68. The first-order chi connectivity index (χ1) is 13.2. The summed E-state index contributed by atoms with van der Waals surface area (Å²) in [4.78, 5) is 4.14. The first-order valence-electron chi connectivity index (χ1n) is 9.06. The van der Waals surface area contributed by atoms with Gasteiger partial charge < -0.3 is 10.6 Å². The molecular formula is C21H25F3N4. The summed E-state index contributed by atoms with van der Waals surface area (Å²) in [6, 6.07) is 7.76. The molecule has 0 amide bonds.